The number of ether oxygens (including phenoxy) is 1. The zero-order valence-corrected chi connectivity index (χ0v) is 9.26. The van der Waals surface area contributed by atoms with Crippen molar-refractivity contribution in [1.29, 1.82) is 0 Å². The van der Waals surface area contributed by atoms with E-state index in [9.17, 15) is 14.3 Å². The van der Waals surface area contributed by atoms with Crippen molar-refractivity contribution in [1.82, 2.24) is 0 Å². The van der Waals surface area contributed by atoms with E-state index in [-0.39, 0.29) is 17.1 Å². The van der Waals surface area contributed by atoms with Gasteiger partial charge in [-0.05, 0) is 30.3 Å². The molecule has 0 unspecified atom stereocenters. The van der Waals surface area contributed by atoms with Gasteiger partial charge in [-0.15, -0.1) is 0 Å². The third-order valence-electron chi connectivity index (χ3n) is 2.26. The van der Waals surface area contributed by atoms with E-state index >= 15 is 0 Å². The van der Waals surface area contributed by atoms with Crippen molar-refractivity contribution in [2.45, 2.75) is 0 Å². The number of amides is 1. The van der Waals surface area contributed by atoms with E-state index in [1.807, 2.05) is 0 Å². The topological polar surface area (TPSA) is 72.6 Å². The highest BCUT2D eigenvalue weighted by molar-refractivity contribution is 5.92. The number of hydrogen-bond donors (Lipinski definition) is 2. The van der Waals surface area contributed by atoms with Crippen molar-refractivity contribution >= 4 is 5.91 Å². The summed E-state index contributed by atoms with van der Waals surface area (Å²) in [5.41, 5.74) is 5.09. The minimum Gasteiger partial charge on any atom is -0.508 e. The summed E-state index contributed by atoms with van der Waals surface area (Å²) < 4.78 is 18.8. The molecular weight excluding hydrogens is 237 g/mol. The van der Waals surface area contributed by atoms with Crippen LogP contribution in [0.3, 0.4) is 0 Å². The smallest absolute Gasteiger partial charge is 0.248 e. The Labute approximate surface area is 102 Å². The fourth-order valence-corrected chi connectivity index (χ4v) is 1.41. The van der Waals surface area contributed by atoms with E-state index in [0.717, 1.165) is 6.07 Å². The Morgan fingerprint density at radius 3 is 2.61 bits per heavy atom. The highest BCUT2D eigenvalue weighted by Gasteiger charge is 2.09. The van der Waals surface area contributed by atoms with Crippen LogP contribution in [0.5, 0.6) is 17.2 Å². The van der Waals surface area contributed by atoms with Crippen LogP contribution in [0.4, 0.5) is 4.39 Å². The minimum atomic E-state index is -0.710. The van der Waals surface area contributed by atoms with Crippen LogP contribution in [0.15, 0.2) is 42.5 Å². The lowest BCUT2D eigenvalue weighted by Crippen LogP contribution is -2.11. The minimum absolute atomic E-state index is 0.0154. The zero-order chi connectivity index (χ0) is 13.1. The first-order valence-corrected chi connectivity index (χ1v) is 5.12. The van der Waals surface area contributed by atoms with E-state index in [1.54, 1.807) is 12.1 Å². The molecule has 2 aromatic carbocycles. The molecule has 0 aliphatic carbocycles. The predicted molar refractivity (Wildman–Crippen MR) is 63.1 cm³/mol. The second-order valence-corrected chi connectivity index (χ2v) is 3.61. The van der Waals surface area contributed by atoms with Crippen molar-refractivity contribution in [3.63, 3.8) is 0 Å². The number of carbonyl (C=O) groups excluding carboxylic acids is 1. The van der Waals surface area contributed by atoms with Crippen LogP contribution in [-0.2, 0) is 0 Å². The average Bonchev–Trinajstić information content (AvgIpc) is 2.31. The number of primary amides is 1. The number of halogens is 1. The van der Waals surface area contributed by atoms with Gasteiger partial charge < -0.3 is 15.6 Å². The molecule has 0 aliphatic heterocycles. The lowest BCUT2D eigenvalue weighted by molar-refractivity contribution is 0.1000. The van der Waals surface area contributed by atoms with E-state index in [1.165, 1.54) is 24.3 Å². The van der Waals surface area contributed by atoms with Gasteiger partial charge in [-0.2, -0.15) is 0 Å². The van der Waals surface area contributed by atoms with Crippen molar-refractivity contribution < 1.29 is 19.0 Å². The van der Waals surface area contributed by atoms with Crippen LogP contribution in [0, 0.1) is 5.82 Å². The van der Waals surface area contributed by atoms with Crippen molar-refractivity contribution in [2.24, 2.45) is 5.73 Å². The molecule has 0 heterocycles. The Morgan fingerprint density at radius 1 is 1.22 bits per heavy atom. The summed E-state index contributed by atoms with van der Waals surface area (Å²) >= 11 is 0. The molecule has 0 aromatic heterocycles. The van der Waals surface area contributed by atoms with Crippen LogP contribution < -0.4 is 10.5 Å². The molecule has 2 rings (SSSR count). The molecule has 0 radical (unpaired) electrons. The normalized spacial score (nSPS) is 10.1. The van der Waals surface area contributed by atoms with Gasteiger partial charge in [0.15, 0.2) is 11.6 Å². The van der Waals surface area contributed by atoms with Gasteiger partial charge in [0.25, 0.3) is 0 Å². The SMILES string of the molecule is NC(=O)c1ccc(Oc2cccc(O)c2)c(F)c1. The van der Waals surface area contributed by atoms with Gasteiger partial charge in [0.2, 0.25) is 5.91 Å². The molecule has 4 nitrogen and oxygen atoms in total. The first-order chi connectivity index (χ1) is 8.56. The number of hydrogen-bond acceptors (Lipinski definition) is 3. The summed E-state index contributed by atoms with van der Waals surface area (Å²) in [4.78, 5) is 10.8. The Balaban J connectivity index is 2.27. The maximum atomic E-state index is 13.6. The summed E-state index contributed by atoms with van der Waals surface area (Å²) in [6.07, 6.45) is 0. The highest BCUT2D eigenvalue weighted by Crippen LogP contribution is 2.27. The van der Waals surface area contributed by atoms with Crippen LogP contribution >= 0.6 is 0 Å². The second-order valence-electron chi connectivity index (χ2n) is 3.61. The number of aromatic hydroxyl groups is 1. The van der Waals surface area contributed by atoms with Crippen LogP contribution in [0.2, 0.25) is 0 Å². The molecule has 3 N–H and O–H groups in total. The summed E-state index contributed by atoms with van der Waals surface area (Å²) in [6, 6.07) is 9.63. The first-order valence-electron chi connectivity index (χ1n) is 5.12. The van der Waals surface area contributed by atoms with Crippen LogP contribution in [-0.4, -0.2) is 11.0 Å². The van der Waals surface area contributed by atoms with E-state index in [0.29, 0.717) is 5.75 Å². The quantitative estimate of drug-likeness (QED) is 0.874. The van der Waals surface area contributed by atoms with Gasteiger partial charge in [0.05, 0.1) is 0 Å². The van der Waals surface area contributed by atoms with Crippen molar-refractivity contribution in [3.05, 3.63) is 53.8 Å². The van der Waals surface area contributed by atoms with Gasteiger partial charge in [0, 0.05) is 11.6 Å². The molecule has 0 saturated carbocycles. The average molecular weight is 247 g/mol. The lowest BCUT2D eigenvalue weighted by atomic mass is 10.2. The third kappa shape index (κ3) is 2.57. The van der Waals surface area contributed by atoms with E-state index in [2.05, 4.69) is 0 Å². The van der Waals surface area contributed by atoms with Crippen LogP contribution in [0.1, 0.15) is 10.4 Å². The van der Waals surface area contributed by atoms with Gasteiger partial charge in [-0.25, -0.2) is 4.39 Å². The first kappa shape index (κ1) is 11.9. The number of rotatable bonds is 3. The summed E-state index contributed by atoms with van der Waals surface area (Å²) in [6.45, 7) is 0. The third-order valence-corrected chi connectivity index (χ3v) is 2.26. The lowest BCUT2D eigenvalue weighted by Gasteiger charge is -2.07. The monoisotopic (exact) mass is 247 g/mol. The van der Waals surface area contributed by atoms with Gasteiger partial charge in [-0.1, -0.05) is 6.07 Å². The summed E-state index contributed by atoms with van der Waals surface area (Å²) in [7, 11) is 0. The molecule has 0 saturated heterocycles. The Hall–Kier alpha value is -2.56. The van der Waals surface area contributed by atoms with Gasteiger partial charge >= 0.3 is 0 Å². The number of nitrogens with two attached hydrogens (primary N) is 1. The van der Waals surface area contributed by atoms with Crippen molar-refractivity contribution in [2.75, 3.05) is 0 Å². The fraction of sp³-hybridized carbons (Fsp3) is 0. The maximum absolute atomic E-state index is 13.6. The predicted octanol–water partition coefficient (Wildman–Crippen LogP) is 2.42. The molecule has 0 atom stereocenters. The van der Waals surface area contributed by atoms with E-state index in [4.69, 9.17) is 10.5 Å². The zero-order valence-electron chi connectivity index (χ0n) is 9.26. The number of phenolic OH excluding ortho intramolecular Hbond substituents is 1. The summed E-state index contributed by atoms with van der Waals surface area (Å²) in [5, 5.41) is 9.24. The number of phenols is 1. The Morgan fingerprint density at radius 2 is 2.00 bits per heavy atom. The molecule has 2 aromatic rings. The molecule has 1 amide bonds. The van der Waals surface area contributed by atoms with E-state index < -0.39 is 11.7 Å². The molecule has 0 bridgehead atoms. The second kappa shape index (κ2) is 4.75. The highest BCUT2D eigenvalue weighted by atomic mass is 19.1. The fourth-order valence-electron chi connectivity index (χ4n) is 1.41. The Bertz CT molecular complexity index is 599. The molecule has 18 heavy (non-hydrogen) atoms. The largest absolute Gasteiger partial charge is 0.508 e. The molecule has 0 fully saturated rings. The van der Waals surface area contributed by atoms with Gasteiger partial charge in [-0.3, -0.25) is 4.79 Å². The number of carbonyl (C=O) groups is 1. The molecule has 0 spiro atoms. The van der Waals surface area contributed by atoms with Gasteiger partial charge in [0.1, 0.15) is 11.5 Å². The maximum Gasteiger partial charge on any atom is 0.248 e. The standard InChI is InChI=1S/C13H10FNO3/c14-11-6-8(13(15)17)4-5-12(11)18-10-3-1-2-9(16)7-10/h1-7,16H,(H2,15,17). The molecular formula is C13H10FNO3. The summed E-state index contributed by atoms with van der Waals surface area (Å²) in [5.74, 6) is -1.15. The van der Waals surface area contributed by atoms with Crippen LogP contribution in [0.25, 0.3) is 0 Å². The molecule has 5 heteroatoms. The molecule has 92 valence electrons. The number of benzene rings is 2. The Kier molecular flexibility index (Phi) is 3.14. The van der Waals surface area contributed by atoms with Crippen molar-refractivity contribution in [3.8, 4) is 17.2 Å². The molecule has 0 aliphatic rings.